The van der Waals surface area contributed by atoms with Crippen molar-refractivity contribution < 1.29 is 24.2 Å². The number of methoxy groups -OCH3 is 1. The smallest absolute Gasteiger partial charge is 0.337 e. The largest absolute Gasteiger partial charge is 0.510 e. The number of carbonyl (C=O) groups is 3. The highest BCUT2D eigenvalue weighted by Crippen LogP contribution is 2.39. The molecule has 0 amide bonds. The highest BCUT2D eigenvalue weighted by atomic mass is 16.5. The molecule has 0 aliphatic heterocycles. The van der Waals surface area contributed by atoms with E-state index in [9.17, 15) is 19.5 Å². The molecular formula is C19H22O5. The maximum atomic E-state index is 12.5. The molecule has 1 N–H and O–H groups in total. The van der Waals surface area contributed by atoms with Crippen LogP contribution in [0.2, 0.25) is 0 Å². The Morgan fingerprint density at radius 2 is 1.92 bits per heavy atom. The van der Waals surface area contributed by atoms with Crippen molar-refractivity contribution in [2.75, 3.05) is 7.11 Å². The number of hydrogen-bond donors (Lipinski definition) is 1. The van der Waals surface area contributed by atoms with Crippen molar-refractivity contribution in [3.8, 4) is 0 Å². The van der Waals surface area contributed by atoms with Gasteiger partial charge in [0.25, 0.3) is 0 Å². The second kappa shape index (κ2) is 7.90. The Balaban J connectivity index is 2.47. The van der Waals surface area contributed by atoms with Gasteiger partial charge in [-0.25, -0.2) is 4.79 Å². The van der Waals surface area contributed by atoms with Crippen LogP contribution in [0.1, 0.15) is 44.1 Å². The molecule has 0 aromatic heterocycles. The van der Waals surface area contributed by atoms with Crippen LogP contribution >= 0.6 is 0 Å². The first-order valence-electron chi connectivity index (χ1n) is 8.12. The highest BCUT2D eigenvalue weighted by molar-refractivity contribution is 6.09. The lowest BCUT2D eigenvalue weighted by Gasteiger charge is -2.28. The van der Waals surface area contributed by atoms with Crippen molar-refractivity contribution in [3.63, 3.8) is 0 Å². The van der Waals surface area contributed by atoms with Crippen molar-refractivity contribution in [1.82, 2.24) is 0 Å². The second-order valence-electron chi connectivity index (χ2n) is 5.93. The average Bonchev–Trinajstić information content (AvgIpc) is 2.59. The number of esters is 1. The van der Waals surface area contributed by atoms with E-state index in [0.29, 0.717) is 6.42 Å². The van der Waals surface area contributed by atoms with Gasteiger partial charge in [0.15, 0.2) is 11.6 Å². The minimum absolute atomic E-state index is 0.00103. The van der Waals surface area contributed by atoms with Crippen LogP contribution in [-0.4, -0.2) is 29.8 Å². The van der Waals surface area contributed by atoms with Gasteiger partial charge in [-0.05, 0) is 12.0 Å². The van der Waals surface area contributed by atoms with E-state index in [1.54, 1.807) is 24.3 Å². The van der Waals surface area contributed by atoms with Gasteiger partial charge in [0, 0.05) is 18.8 Å². The van der Waals surface area contributed by atoms with Gasteiger partial charge >= 0.3 is 5.97 Å². The standard InChI is InChI=1S/C19H22O5/c1-3-4-10-14(20)17-15(21)11-13(12-8-6-5-7-9-12)16(18(17)22)19(23)24-2/h5-9,13,17,22H,3-4,10-11H2,1-2H3/t13-,17-/m0/s1. The summed E-state index contributed by atoms with van der Waals surface area (Å²) in [7, 11) is 1.22. The molecule has 0 saturated carbocycles. The molecule has 0 radical (unpaired) electrons. The molecule has 1 aromatic carbocycles. The first-order valence-corrected chi connectivity index (χ1v) is 8.12. The highest BCUT2D eigenvalue weighted by Gasteiger charge is 2.43. The van der Waals surface area contributed by atoms with Crippen LogP contribution in [0.15, 0.2) is 41.7 Å². The third kappa shape index (κ3) is 3.55. The van der Waals surface area contributed by atoms with E-state index in [1.807, 2.05) is 13.0 Å². The summed E-state index contributed by atoms with van der Waals surface area (Å²) in [6.07, 6.45) is 1.67. The molecule has 0 fully saturated rings. The van der Waals surface area contributed by atoms with Gasteiger partial charge in [-0.1, -0.05) is 43.7 Å². The molecule has 0 bridgehead atoms. The summed E-state index contributed by atoms with van der Waals surface area (Å²) in [4.78, 5) is 37.0. The SMILES string of the molecule is CCCCC(=O)[C@H]1C(=O)C[C@@H](c2ccccc2)C(C(=O)OC)=C1O. The Morgan fingerprint density at radius 1 is 1.25 bits per heavy atom. The number of aliphatic hydroxyl groups excluding tert-OH is 1. The second-order valence-corrected chi connectivity index (χ2v) is 5.93. The van der Waals surface area contributed by atoms with Crippen LogP contribution < -0.4 is 0 Å². The summed E-state index contributed by atoms with van der Waals surface area (Å²) in [5.41, 5.74) is 0.746. The molecule has 0 unspecified atom stereocenters. The number of unbranched alkanes of at least 4 members (excludes halogenated alkanes) is 1. The monoisotopic (exact) mass is 330 g/mol. The van der Waals surface area contributed by atoms with Gasteiger partial charge in [-0.2, -0.15) is 0 Å². The third-order valence-corrected chi connectivity index (χ3v) is 4.33. The van der Waals surface area contributed by atoms with E-state index in [2.05, 4.69) is 0 Å². The van der Waals surface area contributed by atoms with Crippen molar-refractivity contribution in [2.24, 2.45) is 5.92 Å². The first-order chi connectivity index (χ1) is 11.5. The minimum Gasteiger partial charge on any atom is -0.510 e. The summed E-state index contributed by atoms with van der Waals surface area (Å²) in [5, 5.41) is 10.5. The predicted molar refractivity (Wildman–Crippen MR) is 88.5 cm³/mol. The average molecular weight is 330 g/mol. The minimum atomic E-state index is -1.24. The zero-order valence-corrected chi connectivity index (χ0v) is 14.0. The first kappa shape index (κ1) is 17.9. The van der Waals surface area contributed by atoms with E-state index >= 15 is 0 Å². The number of ketones is 2. The van der Waals surface area contributed by atoms with Crippen LogP contribution in [0, 0.1) is 5.92 Å². The van der Waals surface area contributed by atoms with Gasteiger partial charge in [0.2, 0.25) is 0 Å². The molecule has 1 aliphatic rings. The topological polar surface area (TPSA) is 80.7 Å². The summed E-state index contributed by atoms with van der Waals surface area (Å²) in [6.45, 7) is 1.94. The molecule has 5 nitrogen and oxygen atoms in total. The Bertz CT molecular complexity index is 660. The Labute approximate surface area is 141 Å². The number of allylic oxidation sites excluding steroid dienone is 1. The van der Waals surface area contributed by atoms with Gasteiger partial charge in [0.05, 0.1) is 12.7 Å². The zero-order chi connectivity index (χ0) is 17.7. The lowest BCUT2D eigenvalue weighted by atomic mass is 9.74. The van der Waals surface area contributed by atoms with E-state index < -0.39 is 23.6 Å². The fraction of sp³-hybridized carbons (Fsp3) is 0.421. The number of aliphatic hydroxyl groups is 1. The fourth-order valence-electron chi connectivity index (χ4n) is 3.06. The molecule has 0 saturated heterocycles. The number of carbonyl (C=O) groups excluding carboxylic acids is 3. The van der Waals surface area contributed by atoms with Crippen molar-refractivity contribution >= 4 is 17.5 Å². The third-order valence-electron chi connectivity index (χ3n) is 4.33. The van der Waals surface area contributed by atoms with E-state index in [1.165, 1.54) is 7.11 Å². The summed E-state index contributed by atoms with van der Waals surface area (Å²) in [5.74, 6) is -3.69. The summed E-state index contributed by atoms with van der Waals surface area (Å²) < 4.78 is 4.78. The fourth-order valence-corrected chi connectivity index (χ4v) is 3.06. The molecular weight excluding hydrogens is 308 g/mol. The molecule has 24 heavy (non-hydrogen) atoms. The molecule has 1 aromatic rings. The van der Waals surface area contributed by atoms with Crippen molar-refractivity contribution in [3.05, 3.63) is 47.2 Å². The number of benzene rings is 1. The van der Waals surface area contributed by atoms with Crippen molar-refractivity contribution in [1.29, 1.82) is 0 Å². The maximum Gasteiger partial charge on any atom is 0.337 e. The van der Waals surface area contributed by atoms with Crippen molar-refractivity contribution in [2.45, 2.75) is 38.5 Å². The van der Waals surface area contributed by atoms with E-state index in [-0.39, 0.29) is 30.0 Å². The van der Waals surface area contributed by atoms with E-state index in [4.69, 9.17) is 4.74 Å². The summed E-state index contributed by atoms with van der Waals surface area (Å²) in [6, 6.07) is 8.99. The summed E-state index contributed by atoms with van der Waals surface area (Å²) >= 11 is 0. The number of rotatable bonds is 6. The normalized spacial score (nSPS) is 20.8. The molecule has 2 atom stereocenters. The quantitative estimate of drug-likeness (QED) is 0.640. The molecule has 0 heterocycles. The van der Waals surface area contributed by atoms with Gasteiger partial charge < -0.3 is 9.84 Å². The maximum absolute atomic E-state index is 12.5. The van der Waals surface area contributed by atoms with Crippen LogP contribution in [0.25, 0.3) is 0 Å². The lowest BCUT2D eigenvalue weighted by molar-refractivity contribution is -0.137. The van der Waals surface area contributed by atoms with Gasteiger partial charge in [-0.3, -0.25) is 9.59 Å². The van der Waals surface area contributed by atoms with Gasteiger partial charge in [0.1, 0.15) is 11.7 Å². The number of ether oxygens (including phenoxy) is 1. The van der Waals surface area contributed by atoms with Crippen LogP contribution in [-0.2, 0) is 19.1 Å². The number of hydrogen-bond acceptors (Lipinski definition) is 5. The Kier molecular flexibility index (Phi) is 5.90. The Hall–Kier alpha value is -2.43. The number of Topliss-reactive ketones (excluding diaryl/α,β-unsaturated/α-hetero) is 2. The Morgan fingerprint density at radius 3 is 2.50 bits per heavy atom. The van der Waals surface area contributed by atoms with Crippen LogP contribution in [0.5, 0.6) is 0 Å². The molecule has 0 spiro atoms. The molecule has 128 valence electrons. The van der Waals surface area contributed by atoms with E-state index in [0.717, 1.165) is 12.0 Å². The lowest BCUT2D eigenvalue weighted by Crippen LogP contribution is -2.35. The van der Waals surface area contributed by atoms with Crippen LogP contribution in [0.4, 0.5) is 0 Å². The van der Waals surface area contributed by atoms with Gasteiger partial charge in [-0.15, -0.1) is 0 Å². The molecule has 5 heteroatoms. The zero-order valence-electron chi connectivity index (χ0n) is 14.0. The predicted octanol–water partition coefficient (Wildman–Crippen LogP) is 3.10. The molecule has 1 aliphatic carbocycles. The molecule has 2 rings (SSSR count). The van der Waals surface area contributed by atoms with Crippen LogP contribution in [0.3, 0.4) is 0 Å².